The monoisotopic (exact) mass is 101 g/mol. The van der Waals surface area contributed by atoms with Crippen molar-refractivity contribution < 1.29 is 0 Å². The minimum atomic E-state index is 0.681. The molecule has 0 saturated carbocycles. The Morgan fingerprint density at radius 1 is 1.29 bits per heavy atom. The first-order chi connectivity index (χ1) is 3.18. The standard InChI is InChI=1S/C6H15N/c1-5(2)6(3)4-7/h5-6H,4,7H2,1-3H3/t6-/m0/s1. The maximum atomic E-state index is 5.37. The van der Waals surface area contributed by atoms with E-state index in [1.807, 2.05) is 0 Å². The normalized spacial score (nSPS) is 15.0. The largest absolute Gasteiger partial charge is 0.330 e. The smallest absolute Gasteiger partial charge is 0.00491 e. The summed E-state index contributed by atoms with van der Waals surface area (Å²) in [7, 11) is 0. The van der Waals surface area contributed by atoms with Crippen molar-refractivity contribution in [2.45, 2.75) is 20.8 Å². The van der Waals surface area contributed by atoms with Gasteiger partial charge in [-0.15, -0.1) is 0 Å². The second-order valence-corrected chi connectivity index (χ2v) is 2.46. The number of hydrogen-bond acceptors (Lipinski definition) is 1. The first kappa shape index (κ1) is 6.96. The molecule has 0 bridgehead atoms. The minimum absolute atomic E-state index is 0.681. The van der Waals surface area contributed by atoms with Crippen molar-refractivity contribution in [2.75, 3.05) is 6.54 Å². The van der Waals surface area contributed by atoms with Crippen LogP contribution in [0.25, 0.3) is 0 Å². The van der Waals surface area contributed by atoms with Crippen LogP contribution in [-0.2, 0) is 0 Å². The Hall–Kier alpha value is -0.0400. The van der Waals surface area contributed by atoms with Crippen LogP contribution in [0.4, 0.5) is 0 Å². The molecule has 0 fully saturated rings. The summed E-state index contributed by atoms with van der Waals surface area (Å²) in [6, 6.07) is 0. The zero-order valence-electron chi connectivity index (χ0n) is 5.44. The lowest BCUT2D eigenvalue weighted by molar-refractivity contribution is 0.429. The molecule has 7 heavy (non-hydrogen) atoms. The van der Waals surface area contributed by atoms with E-state index in [0.717, 1.165) is 12.5 Å². The molecular formula is C6H15N. The lowest BCUT2D eigenvalue weighted by atomic mass is 9.99. The van der Waals surface area contributed by atoms with E-state index in [1.54, 1.807) is 0 Å². The van der Waals surface area contributed by atoms with Gasteiger partial charge in [-0.2, -0.15) is 0 Å². The highest BCUT2D eigenvalue weighted by Crippen LogP contribution is 2.05. The highest BCUT2D eigenvalue weighted by atomic mass is 14.5. The first-order valence-corrected chi connectivity index (χ1v) is 2.88. The second kappa shape index (κ2) is 3.03. The Morgan fingerprint density at radius 3 is 1.71 bits per heavy atom. The predicted octanol–water partition coefficient (Wildman–Crippen LogP) is 1.24. The van der Waals surface area contributed by atoms with Crippen LogP contribution in [0.15, 0.2) is 0 Å². The summed E-state index contributed by atoms with van der Waals surface area (Å²) in [5.41, 5.74) is 5.37. The molecule has 0 aliphatic heterocycles. The van der Waals surface area contributed by atoms with Crippen molar-refractivity contribution >= 4 is 0 Å². The van der Waals surface area contributed by atoms with Crippen molar-refractivity contribution in [3.63, 3.8) is 0 Å². The van der Waals surface area contributed by atoms with Crippen LogP contribution in [0.1, 0.15) is 20.8 Å². The molecule has 0 rings (SSSR count). The molecule has 2 N–H and O–H groups in total. The number of nitrogens with two attached hydrogens (primary N) is 1. The fourth-order valence-corrected chi connectivity index (χ4v) is 0.272. The van der Waals surface area contributed by atoms with Crippen molar-refractivity contribution in [2.24, 2.45) is 17.6 Å². The van der Waals surface area contributed by atoms with E-state index in [0.29, 0.717) is 5.92 Å². The lowest BCUT2D eigenvalue weighted by Crippen LogP contribution is -2.15. The summed E-state index contributed by atoms with van der Waals surface area (Å²) in [4.78, 5) is 0. The average Bonchev–Trinajstić information content (AvgIpc) is 1.65. The molecule has 0 saturated heterocycles. The van der Waals surface area contributed by atoms with E-state index in [4.69, 9.17) is 5.73 Å². The van der Waals surface area contributed by atoms with Gasteiger partial charge in [-0.25, -0.2) is 0 Å². The Morgan fingerprint density at radius 2 is 1.71 bits per heavy atom. The summed E-state index contributed by atoms with van der Waals surface area (Å²) in [5.74, 6) is 1.42. The first-order valence-electron chi connectivity index (χ1n) is 2.88. The highest BCUT2D eigenvalue weighted by Gasteiger charge is 2.01. The van der Waals surface area contributed by atoms with Gasteiger partial charge in [0.2, 0.25) is 0 Å². The van der Waals surface area contributed by atoms with Gasteiger partial charge < -0.3 is 5.73 Å². The van der Waals surface area contributed by atoms with Crippen LogP contribution < -0.4 is 5.73 Å². The number of hydrogen-bond donors (Lipinski definition) is 1. The van der Waals surface area contributed by atoms with Crippen LogP contribution >= 0.6 is 0 Å². The Kier molecular flexibility index (Phi) is 3.01. The molecule has 1 nitrogen and oxygen atoms in total. The van der Waals surface area contributed by atoms with Crippen LogP contribution in [-0.4, -0.2) is 6.54 Å². The van der Waals surface area contributed by atoms with Gasteiger partial charge in [0, 0.05) is 0 Å². The van der Waals surface area contributed by atoms with Crippen molar-refractivity contribution in [3.8, 4) is 0 Å². The third-order valence-corrected chi connectivity index (χ3v) is 1.51. The van der Waals surface area contributed by atoms with Crippen molar-refractivity contribution in [1.29, 1.82) is 0 Å². The van der Waals surface area contributed by atoms with Gasteiger partial charge in [0.15, 0.2) is 0 Å². The van der Waals surface area contributed by atoms with Crippen molar-refractivity contribution in [1.82, 2.24) is 0 Å². The molecular weight excluding hydrogens is 86.1 g/mol. The van der Waals surface area contributed by atoms with E-state index < -0.39 is 0 Å². The van der Waals surface area contributed by atoms with Crippen LogP contribution in [0.2, 0.25) is 0 Å². The Balaban J connectivity index is 3.14. The van der Waals surface area contributed by atoms with Gasteiger partial charge in [0.05, 0.1) is 0 Å². The molecule has 0 heterocycles. The summed E-state index contributed by atoms with van der Waals surface area (Å²) < 4.78 is 0. The average molecular weight is 101 g/mol. The fraction of sp³-hybridized carbons (Fsp3) is 1.00. The van der Waals surface area contributed by atoms with Gasteiger partial charge in [-0.3, -0.25) is 0 Å². The summed E-state index contributed by atoms with van der Waals surface area (Å²) in [6.45, 7) is 7.37. The van der Waals surface area contributed by atoms with Gasteiger partial charge in [0.1, 0.15) is 0 Å². The van der Waals surface area contributed by atoms with Gasteiger partial charge in [0.25, 0.3) is 0 Å². The van der Waals surface area contributed by atoms with Gasteiger partial charge in [-0.05, 0) is 18.4 Å². The third kappa shape index (κ3) is 2.63. The van der Waals surface area contributed by atoms with E-state index in [1.165, 1.54) is 0 Å². The molecule has 0 radical (unpaired) electrons. The second-order valence-electron chi connectivity index (χ2n) is 2.46. The van der Waals surface area contributed by atoms with Crippen LogP contribution in [0.5, 0.6) is 0 Å². The molecule has 0 spiro atoms. The van der Waals surface area contributed by atoms with Gasteiger partial charge >= 0.3 is 0 Å². The van der Waals surface area contributed by atoms with Gasteiger partial charge in [-0.1, -0.05) is 20.8 Å². The summed E-state index contributed by atoms with van der Waals surface area (Å²) in [6.07, 6.45) is 0. The van der Waals surface area contributed by atoms with E-state index in [9.17, 15) is 0 Å². The lowest BCUT2D eigenvalue weighted by Gasteiger charge is -2.10. The molecule has 1 atom stereocenters. The maximum absolute atomic E-state index is 5.37. The molecule has 0 aromatic heterocycles. The molecule has 44 valence electrons. The fourth-order valence-electron chi connectivity index (χ4n) is 0.272. The van der Waals surface area contributed by atoms with Crippen LogP contribution in [0, 0.1) is 11.8 Å². The van der Waals surface area contributed by atoms with Crippen LogP contribution in [0.3, 0.4) is 0 Å². The van der Waals surface area contributed by atoms with E-state index in [2.05, 4.69) is 20.8 Å². The Bertz CT molecular complexity index is 41.4. The zero-order chi connectivity index (χ0) is 5.86. The van der Waals surface area contributed by atoms with E-state index >= 15 is 0 Å². The topological polar surface area (TPSA) is 26.0 Å². The molecule has 1 heteroatoms. The summed E-state index contributed by atoms with van der Waals surface area (Å²) in [5, 5.41) is 0. The number of rotatable bonds is 2. The maximum Gasteiger partial charge on any atom is -0.00491 e. The molecule has 0 aromatic carbocycles. The summed E-state index contributed by atoms with van der Waals surface area (Å²) >= 11 is 0. The Labute approximate surface area is 45.9 Å². The molecule has 0 unspecified atom stereocenters. The molecule has 0 aliphatic rings. The molecule has 0 aromatic rings. The molecule has 0 aliphatic carbocycles. The highest BCUT2D eigenvalue weighted by molar-refractivity contribution is 4.55. The minimum Gasteiger partial charge on any atom is -0.330 e. The molecule has 0 amide bonds. The quantitative estimate of drug-likeness (QED) is 0.556. The van der Waals surface area contributed by atoms with Crippen molar-refractivity contribution in [3.05, 3.63) is 0 Å². The zero-order valence-corrected chi connectivity index (χ0v) is 5.44. The van der Waals surface area contributed by atoms with E-state index in [-0.39, 0.29) is 0 Å². The predicted molar refractivity (Wildman–Crippen MR) is 33.1 cm³/mol. The third-order valence-electron chi connectivity index (χ3n) is 1.51. The SMILES string of the molecule is CC(C)[C@@H](C)CN.